The molecule has 0 spiro atoms. The molecule has 1 aromatic heterocycles. The third kappa shape index (κ3) is 3.08. The molecule has 1 atom stereocenters. The molecule has 18 heavy (non-hydrogen) atoms. The van der Waals surface area contributed by atoms with E-state index in [9.17, 15) is 4.79 Å². The maximum atomic E-state index is 12.0. The van der Waals surface area contributed by atoms with E-state index in [4.69, 9.17) is 11.6 Å². The van der Waals surface area contributed by atoms with Gasteiger partial charge in [0.2, 0.25) is 5.91 Å². The number of carbonyl (C=O) groups is 1. The molecule has 0 bridgehead atoms. The van der Waals surface area contributed by atoms with E-state index in [-0.39, 0.29) is 11.8 Å². The molecule has 1 amide bonds. The van der Waals surface area contributed by atoms with Crippen LogP contribution in [0.3, 0.4) is 0 Å². The van der Waals surface area contributed by atoms with Crippen molar-refractivity contribution in [3.63, 3.8) is 0 Å². The highest BCUT2D eigenvalue weighted by atomic mass is 35.5. The number of aromatic nitrogens is 1. The van der Waals surface area contributed by atoms with Crippen LogP contribution < -0.4 is 5.32 Å². The molecule has 0 saturated carbocycles. The summed E-state index contributed by atoms with van der Waals surface area (Å²) >= 11 is 5.68. The minimum absolute atomic E-state index is 0.0645. The van der Waals surface area contributed by atoms with E-state index < -0.39 is 0 Å². The largest absolute Gasteiger partial charge is 0.324 e. The summed E-state index contributed by atoms with van der Waals surface area (Å²) in [6.45, 7) is 1.87. The predicted molar refractivity (Wildman–Crippen MR) is 72.7 cm³/mol. The van der Waals surface area contributed by atoms with E-state index in [1.165, 1.54) is 6.20 Å². The van der Waals surface area contributed by atoms with Crippen LogP contribution in [0.5, 0.6) is 0 Å². The fraction of sp³-hybridized carbons (Fsp3) is 0.143. The summed E-state index contributed by atoms with van der Waals surface area (Å²) in [5.74, 6) is -0.271. The van der Waals surface area contributed by atoms with Gasteiger partial charge in [-0.3, -0.25) is 4.79 Å². The molecule has 4 heteroatoms. The van der Waals surface area contributed by atoms with Gasteiger partial charge in [-0.25, -0.2) is 4.98 Å². The van der Waals surface area contributed by atoms with Gasteiger partial charge in [0.15, 0.2) is 0 Å². The van der Waals surface area contributed by atoms with Gasteiger partial charge < -0.3 is 5.32 Å². The molecule has 0 fully saturated rings. The van der Waals surface area contributed by atoms with Crippen LogP contribution in [-0.2, 0) is 4.79 Å². The van der Waals surface area contributed by atoms with Crippen LogP contribution in [0.25, 0.3) is 0 Å². The molecule has 1 unspecified atom stereocenters. The van der Waals surface area contributed by atoms with Crippen molar-refractivity contribution in [1.82, 2.24) is 4.98 Å². The van der Waals surface area contributed by atoms with Crippen molar-refractivity contribution in [3.05, 3.63) is 59.4 Å². The van der Waals surface area contributed by atoms with Crippen LogP contribution in [0.1, 0.15) is 18.4 Å². The zero-order chi connectivity index (χ0) is 13.0. The molecule has 2 rings (SSSR count). The maximum Gasteiger partial charge on any atom is 0.231 e. The molecule has 0 radical (unpaired) electrons. The first-order valence-electron chi connectivity index (χ1n) is 5.64. The second kappa shape index (κ2) is 5.65. The molecule has 3 nitrogen and oxygen atoms in total. The van der Waals surface area contributed by atoms with Crippen LogP contribution in [0, 0.1) is 0 Å². The Morgan fingerprint density at radius 3 is 2.56 bits per heavy atom. The topological polar surface area (TPSA) is 42.0 Å². The number of halogens is 1. The van der Waals surface area contributed by atoms with E-state index in [2.05, 4.69) is 10.3 Å². The van der Waals surface area contributed by atoms with Gasteiger partial charge in [0.05, 0.1) is 17.8 Å². The number of hydrogen-bond acceptors (Lipinski definition) is 2. The Morgan fingerprint density at radius 2 is 1.94 bits per heavy atom. The van der Waals surface area contributed by atoms with Gasteiger partial charge in [0.25, 0.3) is 0 Å². The second-order valence-corrected chi connectivity index (χ2v) is 4.38. The van der Waals surface area contributed by atoms with Gasteiger partial charge >= 0.3 is 0 Å². The first kappa shape index (κ1) is 12.6. The van der Waals surface area contributed by atoms with Gasteiger partial charge in [-0.05, 0) is 24.6 Å². The number of anilines is 1. The lowest BCUT2D eigenvalue weighted by molar-refractivity contribution is -0.117. The number of hydrogen-bond donors (Lipinski definition) is 1. The van der Waals surface area contributed by atoms with Crippen LogP contribution in [0.4, 0.5) is 5.69 Å². The Labute approximate surface area is 111 Å². The quantitative estimate of drug-likeness (QED) is 0.859. The van der Waals surface area contributed by atoms with Gasteiger partial charge in [-0.2, -0.15) is 0 Å². The Kier molecular flexibility index (Phi) is 3.95. The Balaban J connectivity index is 2.06. The first-order valence-corrected chi connectivity index (χ1v) is 6.02. The Hall–Kier alpha value is -1.87. The van der Waals surface area contributed by atoms with Gasteiger partial charge in [0.1, 0.15) is 5.15 Å². The van der Waals surface area contributed by atoms with Crippen LogP contribution in [0.15, 0.2) is 48.7 Å². The van der Waals surface area contributed by atoms with Crippen molar-refractivity contribution in [1.29, 1.82) is 0 Å². The van der Waals surface area contributed by atoms with Crippen molar-refractivity contribution in [2.75, 3.05) is 5.32 Å². The highest BCUT2D eigenvalue weighted by Gasteiger charge is 2.14. The zero-order valence-corrected chi connectivity index (χ0v) is 10.7. The molecule has 0 aliphatic carbocycles. The average molecular weight is 261 g/mol. The molecule has 0 aliphatic rings. The molecule has 2 aromatic rings. The number of rotatable bonds is 3. The van der Waals surface area contributed by atoms with Crippen molar-refractivity contribution >= 4 is 23.2 Å². The Morgan fingerprint density at radius 1 is 1.22 bits per heavy atom. The number of carbonyl (C=O) groups excluding carboxylic acids is 1. The summed E-state index contributed by atoms with van der Waals surface area (Å²) in [5, 5.41) is 3.21. The van der Waals surface area contributed by atoms with E-state index in [1.807, 2.05) is 37.3 Å². The summed E-state index contributed by atoms with van der Waals surface area (Å²) in [7, 11) is 0. The lowest BCUT2D eigenvalue weighted by atomic mass is 10.0. The molecule has 1 aromatic carbocycles. The van der Waals surface area contributed by atoms with Crippen LogP contribution in [0.2, 0.25) is 5.15 Å². The third-order valence-corrected chi connectivity index (χ3v) is 2.91. The number of nitrogens with zero attached hydrogens (tertiary/aromatic N) is 1. The fourth-order valence-electron chi connectivity index (χ4n) is 1.59. The standard InChI is InChI=1S/C14H13ClN2O/c1-10(11-5-3-2-4-6-11)14(18)17-12-7-8-13(15)16-9-12/h2-10H,1H3,(H,17,18). The van der Waals surface area contributed by atoms with E-state index in [1.54, 1.807) is 12.1 Å². The molecule has 1 N–H and O–H groups in total. The third-order valence-electron chi connectivity index (χ3n) is 2.69. The predicted octanol–water partition coefficient (Wildman–Crippen LogP) is 3.48. The van der Waals surface area contributed by atoms with Gasteiger partial charge in [-0.1, -0.05) is 41.9 Å². The highest BCUT2D eigenvalue weighted by Crippen LogP contribution is 2.17. The number of nitrogens with one attached hydrogen (secondary N) is 1. The van der Waals surface area contributed by atoms with Gasteiger partial charge in [0, 0.05) is 0 Å². The van der Waals surface area contributed by atoms with Crippen molar-refractivity contribution < 1.29 is 4.79 Å². The summed E-state index contributed by atoms with van der Waals surface area (Å²) in [4.78, 5) is 15.9. The SMILES string of the molecule is CC(C(=O)Nc1ccc(Cl)nc1)c1ccccc1. The lowest BCUT2D eigenvalue weighted by Crippen LogP contribution is -2.18. The smallest absolute Gasteiger partial charge is 0.231 e. The molecule has 1 heterocycles. The van der Waals surface area contributed by atoms with E-state index >= 15 is 0 Å². The molecular weight excluding hydrogens is 248 g/mol. The lowest BCUT2D eigenvalue weighted by Gasteiger charge is -2.12. The van der Waals surface area contributed by atoms with Crippen LogP contribution >= 0.6 is 11.6 Å². The summed E-state index contributed by atoms with van der Waals surface area (Å²) in [6, 6.07) is 13.0. The number of amides is 1. The highest BCUT2D eigenvalue weighted by molar-refractivity contribution is 6.29. The number of pyridine rings is 1. The minimum Gasteiger partial charge on any atom is -0.324 e. The minimum atomic E-state index is -0.207. The summed E-state index contributed by atoms with van der Waals surface area (Å²) in [5.41, 5.74) is 1.63. The monoisotopic (exact) mass is 260 g/mol. The zero-order valence-electron chi connectivity index (χ0n) is 9.93. The van der Waals surface area contributed by atoms with Gasteiger partial charge in [-0.15, -0.1) is 0 Å². The fourth-order valence-corrected chi connectivity index (χ4v) is 1.71. The Bertz CT molecular complexity index is 525. The molecule has 92 valence electrons. The van der Waals surface area contributed by atoms with E-state index in [0.717, 1.165) is 5.56 Å². The first-order chi connectivity index (χ1) is 8.66. The van der Waals surface area contributed by atoms with Crippen molar-refractivity contribution in [2.24, 2.45) is 0 Å². The van der Waals surface area contributed by atoms with Crippen molar-refractivity contribution in [3.8, 4) is 0 Å². The average Bonchev–Trinajstić information content (AvgIpc) is 2.41. The summed E-state index contributed by atoms with van der Waals surface area (Å²) in [6.07, 6.45) is 1.54. The van der Waals surface area contributed by atoms with Crippen molar-refractivity contribution in [2.45, 2.75) is 12.8 Å². The second-order valence-electron chi connectivity index (χ2n) is 3.99. The molecular formula is C14H13ClN2O. The van der Waals surface area contributed by atoms with Crippen LogP contribution in [-0.4, -0.2) is 10.9 Å². The van der Waals surface area contributed by atoms with E-state index in [0.29, 0.717) is 10.8 Å². The molecule has 0 saturated heterocycles. The maximum absolute atomic E-state index is 12.0. The number of benzene rings is 1. The molecule has 0 aliphatic heterocycles. The summed E-state index contributed by atoms with van der Waals surface area (Å²) < 4.78 is 0. The normalized spacial score (nSPS) is 11.9.